The van der Waals surface area contributed by atoms with Gasteiger partial charge in [-0.15, -0.1) is 0 Å². The fourth-order valence-corrected chi connectivity index (χ4v) is 5.05. The zero-order chi connectivity index (χ0) is 18.1. The number of aliphatic hydroxyl groups excluding tert-OH is 1. The maximum Gasteiger partial charge on any atom is 0.124 e. The van der Waals surface area contributed by atoms with Crippen LogP contribution >= 0.6 is 11.8 Å². The lowest BCUT2D eigenvalue weighted by Gasteiger charge is -2.39. The Balaban J connectivity index is 1.67. The maximum atomic E-state index is 13.8. The topological polar surface area (TPSA) is 52.7 Å². The normalized spacial score (nSPS) is 21.1. The lowest BCUT2D eigenvalue weighted by atomic mass is 9.96. The molecule has 2 aromatic rings. The highest BCUT2D eigenvalue weighted by Gasteiger charge is 2.30. The number of hydrogen-bond acceptors (Lipinski definition) is 5. The number of β-amino-alcohol motifs (C(OH)–C–C–N with tert-alkyl or cyclic N) is 1. The molecule has 0 bridgehead atoms. The molecule has 1 fully saturated rings. The predicted octanol–water partition coefficient (Wildman–Crippen LogP) is 2.77. The van der Waals surface area contributed by atoms with E-state index in [9.17, 15) is 4.39 Å². The SMILES string of the molecule is Nc1ccc2c(c1)C(N1CCN(CCO)CC1)Cc1ccc(F)cc1S2. The predicted molar refractivity (Wildman–Crippen MR) is 103 cm³/mol. The number of benzene rings is 2. The Labute approximate surface area is 157 Å². The molecule has 6 heteroatoms. The van der Waals surface area contributed by atoms with E-state index >= 15 is 0 Å². The number of aliphatic hydroxyl groups is 1. The van der Waals surface area contributed by atoms with Gasteiger partial charge in [0.15, 0.2) is 0 Å². The number of fused-ring (bicyclic) bond motifs is 2. The van der Waals surface area contributed by atoms with Crippen LogP contribution in [0.2, 0.25) is 0 Å². The third-order valence-corrected chi connectivity index (χ3v) is 6.51. The highest BCUT2D eigenvalue weighted by atomic mass is 32.2. The van der Waals surface area contributed by atoms with Crippen LogP contribution in [0.5, 0.6) is 0 Å². The van der Waals surface area contributed by atoms with Gasteiger partial charge in [-0.05, 0) is 47.9 Å². The van der Waals surface area contributed by atoms with Gasteiger partial charge >= 0.3 is 0 Å². The summed E-state index contributed by atoms with van der Waals surface area (Å²) in [7, 11) is 0. The van der Waals surface area contributed by atoms with Crippen LogP contribution in [-0.4, -0.2) is 54.2 Å². The summed E-state index contributed by atoms with van der Waals surface area (Å²) in [5, 5.41) is 9.16. The van der Waals surface area contributed by atoms with E-state index in [2.05, 4.69) is 21.9 Å². The standard InChI is InChI=1S/C20H24FN3OS/c21-15-2-1-14-11-18(24-7-5-23(6-8-24)9-10-25)17-13-16(22)3-4-19(17)26-20(14)12-15/h1-4,12-13,18,25H,5-11,22H2. The highest BCUT2D eigenvalue weighted by molar-refractivity contribution is 7.99. The molecule has 0 aliphatic carbocycles. The van der Waals surface area contributed by atoms with Gasteiger partial charge in [-0.3, -0.25) is 9.80 Å². The molecule has 3 N–H and O–H groups in total. The van der Waals surface area contributed by atoms with Gasteiger partial charge in [0.05, 0.1) is 6.61 Å². The van der Waals surface area contributed by atoms with Crippen molar-refractivity contribution in [3.8, 4) is 0 Å². The summed E-state index contributed by atoms with van der Waals surface area (Å²) in [5.74, 6) is -0.190. The van der Waals surface area contributed by atoms with Crippen molar-refractivity contribution >= 4 is 17.4 Å². The molecule has 2 heterocycles. The molecule has 1 atom stereocenters. The minimum Gasteiger partial charge on any atom is -0.399 e. The van der Waals surface area contributed by atoms with Gasteiger partial charge in [0, 0.05) is 54.2 Å². The molecule has 0 saturated carbocycles. The molecular formula is C20H24FN3OS. The van der Waals surface area contributed by atoms with Gasteiger partial charge in [0.25, 0.3) is 0 Å². The number of hydrogen-bond donors (Lipinski definition) is 2. The van der Waals surface area contributed by atoms with E-state index in [-0.39, 0.29) is 18.5 Å². The number of halogens is 1. The molecule has 2 aliphatic heterocycles. The molecule has 1 unspecified atom stereocenters. The average Bonchev–Trinajstić information content (AvgIpc) is 2.79. The second-order valence-corrected chi connectivity index (χ2v) is 8.06. The fraction of sp³-hybridized carbons (Fsp3) is 0.400. The molecule has 0 aromatic heterocycles. The number of piperazine rings is 1. The summed E-state index contributed by atoms with van der Waals surface area (Å²) < 4.78 is 13.8. The summed E-state index contributed by atoms with van der Waals surface area (Å²) in [5.41, 5.74) is 9.29. The lowest BCUT2D eigenvalue weighted by Crippen LogP contribution is -2.48. The second kappa shape index (κ2) is 7.56. The molecule has 0 spiro atoms. The van der Waals surface area contributed by atoms with Crippen LogP contribution in [0.3, 0.4) is 0 Å². The van der Waals surface area contributed by atoms with E-state index in [1.165, 1.54) is 11.1 Å². The molecule has 0 radical (unpaired) electrons. The number of rotatable bonds is 3. The first-order valence-electron chi connectivity index (χ1n) is 9.07. The molecule has 2 aromatic carbocycles. The van der Waals surface area contributed by atoms with Gasteiger partial charge < -0.3 is 10.8 Å². The third kappa shape index (κ3) is 3.60. The van der Waals surface area contributed by atoms with Crippen molar-refractivity contribution in [2.45, 2.75) is 22.3 Å². The maximum absolute atomic E-state index is 13.8. The molecule has 1 saturated heterocycles. The monoisotopic (exact) mass is 373 g/mol. The van der Waals surface area contributed by atoms with Crippen LogP contribution in [0, 0.1) is 5.82 Å². The number of anilines is 1. The van der Waals surface area contributed by atoms with Crippen molar-refractivity contribution in [2.24, 2.45) is 0 Å². The smallest absolute Gasteiger partial charge is 0.124 e. The number of nitrogen functional groups attached to an aromatic ring is 1. The van der Waals surface area contributed by atoms with E-state index in [0.717, 1.165) is 54.6 Å². The van der Waals surface area contributed by atoms with Crippen LogP contribution in [0.4, 0.5) is 10.1 Å². The van der Waals surface area contributed by atoms with Crippen molar-refractivity contribution in [1.82, 2.24) is 9.80 Å². The van der Waals surface area contributed by atoms with Gasteiger partial charge in [-0.1, -0.05) is 17.8 Å². The zero-order valence-electron chi connectivity index (χ0n) is 14.7. The molecule has 138 valence electrons. The average molecular weight is 373 g/mol. The molecule has 26 heavy (non-hydrogen) atoms. The van der Waals surface area contributed by atoms with Crippen LogP contribution in [0.1, 0.15) is 17.2 Å². The Kier molecular flexibility index (Phi) is 5.18. The van der Waals surface area contributed by atoms with Gasteiger partial charge in [-0.2, -0.15) is 0 Å². The van der Waals surface area contributed by atoms with E-state index in [0.29, 0.717) is 0 Å². The number of nitrogens with two attached hydrogens (primary N) is 1. The fourth-order valence-electron chi connectivity index (χ4n) is 3.91. The Morgan fingerprint density at radius 2 is 1.88 bits per heavy atom. The summed E-state index contributed by atoms with van der Waals surface area (Å²) >= 11 is 1.64. The van der Waals surface area contributed by atoms with Crippen LogP contribution in [-0.2, 0) is 6.42 Å². The minimum absolute atomic E-state index is 0.190. The molecule has 4 rings (SSSR count). The summed E-state index contributed by atoms with van der Waals surface area (Å²) in [6.45, 7) is 4.77. The summed E-state index contributed by atoms with van der Waals surface area (Å²) in [6.07, 6.45) is 0.860. The quantitative estimate of drug-likeness (QED) is 0.811. The van der Waals surface area contributed by atoms with E-state index in [1.54, 1.807) is 23.9 Å². The van der Waals surface area contributed by atoms with Gasteiger partial charge in [-0.25, -0.2) is 4.39 Å². The Morgan fingerprint density at radius 3 is 2.65 bits per heavy atom. The number of nitrogens with zero attached hydrogens (tertiary/aromatic N) is 2. The summed E-state index contributed by atoms with van der Waals surface area (Å²) in [6, 6.07) is 11.4. The van der Waals surface area contributed by atoms with Crippen molar-refractivity contribution in [3.05, 3.63) is 53.3 Å². The molecular weight excluding hydrogens is 349 g/mol. The van der Waals surface area contributed by atoms with Gasteiger partial charge in [0.1, 0.15) is 5.82 Å². The van der Waals surface area contributed by atoms with Crippen LogP contribution in [0.25, 0.3) is 0 Å². The van der Waals surface area contributed by atoms with E-state index in [1.807, 2.05) is 12.1 Å². The molecule has 0 amide bonds. The molecule has 2 aliphatic rings. The van der Waals surface area contributed by atoms with Crippen LogP contribution < -0.4 is 5.73 Å². The van der Waals surface area contributed by atoms with E-state index < -0.39 is 0 Å². The summed E-state index contributed by atoms with van der Waals surface area (Å²) in [4.78, 5) is 6.96. The first kappa shape index (κ1) is 17.8. The minimum atomic E-state index is -0.190. The first-order chi connectivity index (χ1) is 12.6. The van der Waals surface area contributed by atoms with Crippen molar-refractivity contribution < 1.29 is 9.50 Å². The Bertz CT molecular complexity index is 793. The second-order valence-electron chi connectivity index (χ2n) is 6.97. The van der Waals surface area contributed by atoms with Crippen LogP contribution in [0.15, 0.2) is 46.2 Å². The van der Waals surface area contributed by atoms with Crippen molar-refractivity contribution in [2.75, 3.05) is 45.1 Å². The van der Waals surface area contributed by atoms with Crippen molar-refractivity contribution in [3.63, 3.8) is 0 Å². The Hall–Kier alpha value is -1.60. The molecule has 4 nitrogen and oxygen atoms in total. The zero-order valence-corrected chi connectivity index (χ0v) is 15.5. The lowest BCUT2D eigenvalue weighted by molar-refractivity contribution is 0.0823. The highest BCUT2D eigenvalue weighted by Crippen LogP contribution is 2.43. The van der Waals surface area contributed by atoms with Gasteiger partial charge in [0.2, 0.25) is 0 Å². The third-order valence-electron chi connectivity index (χ3n) is 5.32. The van der Waals surface area contributed by atoms with E-state index in [4.69, 9.17) is 10.8 Å². The Morgan fingerprint density at radius 1 is 1.08 bits per heavy atom. The first-order valence-corrected chi connectivity index (χ1v) is 9.88. The largest absolute Gasteiger partial charge is 0.399 e. The van der Waals surface area contributed by atoms with Crippen molar-refractivity contribution in [1.29, 1.82) is 0 Å².